The van der Waals surface area contributed by atoms with Crippen molar-refractivity contribution in [3.63, 3.8) is 0 Å². The molecule has 2 aromatic heterocycles. The predicted octanol–water partition coefficient (Wildman–Crippen LogP) is 2.26. The molecule has 6 nitrogen and oxygen atoms in total. The molecule has 1 amide bonds. The van der Waals surface area contributed by atoms with Gasteiger partial charge < -0.3 is 19.0 Å². The van der Waals surface area contributed by atoms with E-state index < -0.39 is 5.63 Å². The van der Waals surface area contributed by atoms with Crippen molar-refractivity contribution in [1.82, 2.24) is 9.88 Å². The van der Waals surface area contributed by atoms with Crippen LogP contribution in [0.1, 0.15) is 11.3 Å². The van der Waals surface area contributed by atoms with Gasteiger partial charge in [0.15, 0.2) is 0 Å². The number of aromatic nitrogens is 1. The van der Waals surface area contributed by atoms with E-state index in [0.29, 0.717) is 31.0 Å². The van der Waals surface area contributed by atoms with Crippen LogP contribution in [-0.4, -0.2) is 35.0 Å². The van der Waals surface area contributed by atoms with Gasteiger partial charge in [-0.3, -0.25) is 4.79 Å². The minimum Gasteiger partial charge on any atom is -0.486 e. The van der Waals surface area contributed by atoms with Crippen molar-refractivity contribution in [3.05, 3.63) is 64.3 Å². The number of aryl methyl sites for hydroxylation is 1. The van der Waals surface area contributed by atoms with Gasteiger partial charge in [0, 0.05) is 23.2 Å². The summed E-state index contributed by atoms with van der Waals surface area (Å²) in [5.74, 6) is 1.07. The molecule has 1 saturated heterocycles. The van der Waals surface area contributed by atoms with Gasteiger partial charge in [-0.05, 0) is 18.6 Å². The number of fused-ring (bicyclic) bond motifs is 1. The summed E-state index contributed by atoms with van der Waals surface area (Å²) < 4.78 is 10.6. The van der Waals surface area contributed by atoms with Gasteiger partial charge in [-0.15, -0.1) is 0 Å². The summed E-state index contributed by atoms with van der Waals surface area (Å²) in [7, 11) is 0. The molecular weight excluding hydrogens is 320 g/mol. The zero-order valence-electron chi connectivity index (χ0n) is 13.8. The van der Waals surface area contributed by atoms with Gasteiger partial charge >= 0.3 is 5.63 Å². The number of rotatable bonds is 4. The molecule has 0 atom stereocenters. The van der Waals surface area contributed by atoms with Crippen molar-refractivity contribution in [1.29, 1.82) is 0 Å². The van der Waals surface area contributed by atoms with E-state index in [2.05, 4.69) is 4.98 Å². The molecule has 1 N–H and O–H groups in total. The summed E-state index contributed by atoms with van der Waals surface area (Å²) in [6, 6.07) is 10.9. The smallest absolute Gasteiger partial charge is 0.339 e. The number of carbonyl (C=O) groups is 1. The molecule has 1 fully saturated rings. The van der Waals surface area contributed by atoms with Crippen molar-refractivity contribution >= 4 is 16.8 Å². The number of hydrogen-bond donors (Lipinski definition) is 1. The third kappa shape index (κ3) is 3.15. The van der Waals surface area contributed by atoms with Crippen LogP contribution in [0.25, 0.3) is 10.9 Å². The molecule has 0 spiro atoms. The molecule has 3 aromatic rings. The molecule has 1 aromatic carbocycles. The van der Waals surface area contributed by atoms with E-state index >= 15 is 0 Å². The predicted molar refractivity (Wildman–Crippen MR) is 92.7 cm³/mol. The van der Waals surface area contributed by atoms with Crippen LogP contribution < -0.4 is 10.4 Å². The maximum atomic E-state index is 12.4. The number of aromatic amines is 1. The molecule has 6 heteroatoms. The van der Waals surface area contributed by atoms with Crippen molar-refractivity contribution in [2.45, 2.75) is 19.4 Å². The Morgan fingerprint density at radius 1 is 1.32 bits per heavy atom. The quantitative estimate of drug-likeness (QED) is 0.792. The van der Waals surface area contributed by atoms with E-state index in [1.165, 1.54) is 6.07 Å². The fourth-order valence-corrected chi connectivity index (χ4v) is 3.11. The lowest BCUT2D eigenvalue weighted by atomic mass is 10.1. The van der Waals surface area contributed by atoms with E-state index in [-0.39, 0.29) is 12.0 Å². The monoisotopic (exact) mass is 338 g/mol. The number of para-hydroxylation sites is 1. The molecule has 3 heterocycles. The average molecular weight is 338 g/mol. The van der Waals surface area contributed by atoms with Crippen LogP contribution in [0.3, 0.4) is 0 Å². The van der Waals surface area contributed by atoms with Gasteiger partial charge in [-0.2, -0.15) is 0 Å². The lowest BCUT2D eigenvalue weighted by Crippen LogP contribution is -2.56. The highest BCUT2D eigenvalue weighted by atomic mass is 16.5. The van der Waals surface area contributed by atoms with Gasteiger partial charge in [0.2, 0.25) is 5.91 Å². The number of amides is 1. The zero-order valence-corrected chi connectivity index (χ0v) is 13.8. The number of carbonyl (C=O) groups excluding carboxylic acids is 1. The Morgan fingerprint density at radius 2 is 2.12 bits per heavy atom. The first kappa shape index (κ1) is 15.5. The van der Waals surface area contributed by atoms with E-state index in [1.807, 2.05) is 30.5 Å². The van der Waals surface area contributed by atoms with Crippen molar-refractivity contribution in [3.8, 4) is 5.75 Å². The summed E-state index contributed by atoms with van der Waals surface area (Å²) in [6.45, 7) is 2.76. The molecule has 4 rings (SSSR count). The highest BCUT2D eigenvalue weighted by Crippen LogP contribution is 2.22. The van der Waals surface area contributed by atoms with Crippen LogP contribution in [-0.2, 0) is 11.2 Å². The lowest BCUT2D eigenvalue weighted by molar-refractivity contribution is -0.139. The van der Waals surface area contributed by atoms with Gasteiger partial charge in [0.25, 0.3) is 0 Å². The Bertz CT molecular complexity index is 982. The average Bonchev–Trinajstić information content (AvgIpc) is 2.93. The van der Waals surface area contributed by atoms with E-state index in [0.717, 1.165) is 16.5 Å². The molecule has 0 unspecified atom stereocenters. The molecule has 0 aliphatic carbocycles. The van der Waals surface area contributed by atoms with Gasteiger partial charge in [0.05, 0.1) is 25.6 Å². The maximum absolute atomic E-state index is 12.4. The first-order valence-electron chi connectivity index (χ1n) is 8.20. The standard InChI is InChI=1S/C19H18N2O4/c1-12-6-14(8-19(23)24-12)25-15-10-21(11-15)18(22)7-13-9-20-17-5-3-2-4-16(13)17/h2-6,8-9,15,20H,7,10-11H2,1H3. The normalized spacial score (nSPS) is 14.5. The van der Waals surface area contributed by atoms with E-state index in [9.17, 15) is 9.59 Å². The first-order valence-corrected chi connectivity index (χ1v) is 8.20. The minimum absolute atomic E-state index is 0.0772. The van der Waals surface area contributed by atoms with Crippen molar-refractivity contribution < 1.29 is 13.9 Å². The Hall–Kier alpha value is -3.02. The maximum Gasteiger partial charge on any atom is 0.339 e. The third-order valence-electron chi connectivity index (χ3n) is 4.39. The highest BCUT2D eigenvalue weighted by molar-refractivity contribution is 5.89. The second-order valence-corrected chi connectivity index (χ2v) is 6.30. The Morgan fingerprint density at radius 3 is 2.92 bits per heavy atom. The minimum atomic E-state index is -0.429. The van der Waals surface area contributed by atoms with E-state index in [1.54, 1.807) is 17.9 Å². The second kappa shape index (κ2) is 6.12. The van der Waals surface area contributed by atoms with Gasteiger partial charge in [-0.25, -0.2) is 4.79 Å². The lowest BCUT2D eigenvalue weighted by Gasteiger charge is -2.39. The topological polar surface area (TPSA) is 75.5 Å². The first-order chi connectivity index (χ1) is 12.1. The number of nitrogens with one attached hydrogen (secondary N) is 1. The van der Waals surface area contributed by atoms with E-state index in [4.69, 9.17) is 9.15 Å². The molecule has 0 saturated carbocycles. The number of ether oxygens (including phenoxy) is 1. The molecule has 25 heavy (non-hydrogen) atoms. The van der Waals surface area contributed by atoms with Crippen LogP contribution in [0, 0.1) is 6.92 Å². The van der Waals surface area contributed by atoms with Crippen LogP contribution in [0.15, 0.2) is 51.8 Å². The largest absolute Gasteiger partial charge is 0.486 e. The SMILES string of the molecule is Cc1cc(OC2CN(C(=O)Cc3c[nH]c4ccccc34)C2)cc(=O)o1. The number of hydrogen-bond acceptors (Lipinski definition) is 4. The van der Waals surface area contributed by atoms with Crippen LogP contribution >= 0.6 is 0 Å². The van der Waals surface area contributed by atoms with Gasteiger partial charge in [0.1, 0.15) is 17.6 Å². The van der Waals surface area contributed by atoms with Crippen LogP contribution in [0.4, 0.5) is 0 Å². The number of benzene rings is 1. The van der Waals surface area contributed by atoms with Crippen molar-refractivity contribution in [2.75, 3.05) is 13.1 Å². The summed E-state index contributed by atoms with van der Waals surface area (Å²) >= 11 is 0. The molecule has 0 radical (unpaired) electrons. The molecule has 1 aliphatic rings. The fraction of sp³-hybridized carbons (Fsp3) is 0.263. The summed E-state index contributed by atoms with van der Waals surface area (Å²) in [4.78, 5) is 28.7. The second-order valence-electron chi connectivity index (χ2n) is 6.30. The number of H-pyrrole nitrogens is 1. The molecular formula is C19H18N2O4. The summed E-state index contributed by atoms with van der Waals surface area (Å²) in [5.41, 5.74) is 1.61. The molecule has 128 valence electrons. The Balaban J connectivity index is 1.35. The number of likely N-dealkylation sites (tertiary alicyclic amines) is 1. The molecule has 0 bridgehead atoms. The molecule has 1 aliphatic heterocycles. The summed E-state index contributed by atoms with van der Waals surface area (Å²) in [5, 5.41) is 1.08. The third-order valence-corrected chi connectivity index (χ3v) is 4.39. The van der Waals surface area contributed by atoms with Crippen LogP contribution in [0.5, 0.6) is 5.75 Å². The Kier molecular flexibility index (Phi) is 3.80. The van der Waals surface area contributed by atoms with Crippen LogP contribution in [0.2, 0.25) is 0 Å². The zero-order chi connectivity index (χ0) is 17.4. The van der Waals surface area contributed by atoms with Gasteiger partial charge in [-0.1, -0.05) is 18.2 Å². The number of nitrogens with zero attached hydrogens (tertiary/aromatic N) is 1. The Labute approximate surface area is 144 Å². The summed E-state index contributed by atoms with van der Waals surface area (Å²) in [6.07, 6.45) is 2.17. The van der Waals surface area contributed by atoms with Crippen molar-refractivity contribution in [2.24, 2.45) is 0 Å². The fourth-order valence-electron chi connectivity index (χ4n) is 3.11. The highest BCUT2D eigenvalue weighted by Gasteiger charge is 2.32.